The zero-order valence-corrected chi connectivity index (χ0v) is 11.4. The highest BCUT2D eigenvalue weighted by molar-refractivity contribution is 9.10. The van der Waals surface area contributed by atoms with Crippen LogP contribution in [0.25, 0.3) is 0 Å². The van der Waals surface area contributed by atoms with Crippen molar-refractivity contribution in [3.63, 3.8) is 0 Å². The van der Waals surface area contributed by atoms with Gasteiger partial charge in [-0.25, -0.2) is 9.18 Å². The van der Waals surface area contributed by atoms with Gasteiger partial charge in [0.2, 0.25) is 0 Å². The second-order valence-electron chi connectivity index (χ2n) is 3.98. The average molecular weight is 324 g/mol. The third-order valence-corrected chi connectivity index (χ3v) is 3.04. The standard InChI is InChI=1S/C14H11BrFNO2/c15-11-5-10(14(18)19)6-12(7-11)17-8-9-3-1-2-4-13(9)16/h1-7,17H,8H2,(H,18,19). The van der Waals surface area contributed by atoms with Gasteiger partial charge in [0, 0.05) is 22.3 Å². The van der Waals surface area contributed by atoms with Gasteiger partial charge in [-0.3, -0.25) is 0 Å². The van der Waals surface area contributed by atoms with Crippen LogP contribution in [-0.4, -0.2) is 11.1 Å². The number of aromatic carboxylic acids is 1. The maximum absolute atomic E-state index is 13.4. The van der Waals surface area contributed by atoms with Crippen LogP contribution in [-0.2, 0) is 6.54 Å². The van der Waals surface area contributed by atoms with Crippen LogP contribution in [0.2, 0.25) is 0 Å². The third kappa shape index (κ3) is 3.54. The van der Waals surface area contributed by atoms with E-state index in [1.165, 1.54) is 18.2 Å². The largest absolute Gasteiger partial charge is 0.478 e. The lowest BCUT2D eigenvalue weighted by Crippen LogP contribution is -2.03. The van der Waals surface area contributed by atoms with Crippen LogP contribution in [0.5, 0.6) is 0 Å². The molecule has 0 aliphatic rings. The normalized spacial score (nSPS) is 10.2. The van der Waals surface area contributed by atoms with Crippen molar-refractivity contribution in [2.24, 2.45) is 0 Å². The predicted octanol–water partition coefficient (Wildman–Crippen LogP) is 3.90. The Kier molecular flexibility index (Phi) is 4.16. The summed E-state index contributed by atoms with van der Waals surface area (Å²) in [4.78, 5) is 10.9. The molecule has 0 unspecified atom stereocenters. The highest BCUT2D eigenvalue weighted by Gasteiger charge is 2.06. The molecule has 0 aliphatic carbocycles. The van der Waals surface area contributed by atoms with Gasteiger partial charge in [0.15, 0.2) is 0 Å². The van der Waals surface area contributed by atoms with Gasteiger partial charge in [-0.2, -0.15) is 0 Å². The van der Waals surface area contributed by atoms with Crippen molar-refractivity contribution in [3.05, 3.63) is 63.9 Å². The van der Waals surface area contributed by atoms with Gasteiger partial charge in [0.1, 0.15) is 5.82 Å². The molecule has 2 aromatic carbocycles. The molecule has 0 bridgehead atoms. The van der Waals surface area contributed by atoms with Crippen molar-refractivity contribution in [2.75, 3.05) is 5.32 Å². The zero-order chi connectivity index (χ0) is 13.8. The first-order chi connectivity index (χ1) is 9.06. The lowest BCUT2D eigenvalue weighted by atomic mass is 10.2. The summed E-state index contributed by atoms with van der Waals surface area (Å²) in [6.07, 6.45) is 0. The fraction of sp³-hybridized carbons (Fsp3) is 0.0714. The molecule has 98 valence electrons. The van der Waals surface area contributed by atoms with Crippen molar-refractivity contribution >= 4 is 27.6 Å². The Morgan fingerprint density at radius 1 is 1.26 bits per heavy atom. The maximum atomic E-state index is 13.4. The quantitative estimate of drug-likeness (QED) is 0.897. The fourth-order valence-electron chi connectivity index (χ4n) is 1.65. The van der Waals surface area contributed by atoms with Crippen molar-refractivity contribution in [2.45, 2.75) is 6.54 Å². The molecule has 0 fully saturated rings. The lowest BCUT2D eigenvalue weighted by Gasteiger charge is -2.09. The molecule has 2 rings (SSSR count). The van der Waals surface area contributed by atoms with Crippen LogP contribution in [0.4, 0.5) is 10.1 Å². The first-order valence-corrected chi connectivity index (χ1v) is 6.37. The van der Waals surface area contributed by atoms with Crippen LogP contribution >= 0.6 is 15.9 Å². The summed E-state index contributed by atoms with van der Waals surface area (Å²) in [5.41, 5.74) is 1.32. The molecule has 0 aliphatic heterocycles. The molecule has 19 heavy (non-hydrogen) atoms. The highest BCUT2D eigenvalue weighted by atomic mass is 79.9. The van der Waals surface area contributed by atoms with Crippen LogP contribution in [0, 0.1) is 5.82 Å². The Hall–Kier alpha value is -1.88. The minimum Gasteiger partial charge on any atom is -0.478 e. The molecule has 0 saturated heterocycles. The summed E-state index contributed by atoms with van der Waals surface area (Å²) in [5, 5.41) is 12.0. The van der Waals surface area contributed by atoms with E-state index < -0.39 is 5.97 Å². The summed E-state index contributed by atoms with van der Waals surface area (Å²) < 4.78 is 14.1. The number of nitrogens with one attached hydrogen (secondary N) is 1. The number of anilines is 1. The Balaban J connectivity index is 2.16. The first kappa shape index (κ1) is 13.5. The van der Waals surface area contributed by atoms with E-state index in [-0.39, 0.29) is 11.4 Å². The smallest absolute Gasteiger partial charge is 0.335 e. The summed E-state index contributed by atoms with van der Waals surface area (Å²) in [6.45, 7) is 0.294. The molecule has 5 heteroatoms. The van der Waals surface area contributed by atoms with E-state index in [2.05, 4.69) is 21.2 Å². The maximum Gasteiger partial charge on any atom is 0.335 e. The molecule has 0 spiro atoms. The molecule has 2 aromatic rings. The van der Waals surface area contributed by atoms with Crippen molar-refractivity contribution in [1.82, 2.24) is 0 Å². The highest BCUT2D eigenvalue weighted by Crippen LogP contribution is 2.20. The van der Waals surface area contributed by atoms with Crippen LogP contribution < -0.4 is 5.32 Å². The number of carboxylic acids is 1. The van der Waals surface area contributed by atoms with Gasteiger partial charge in [0.25, 0.3) is 0 Å². The van der Waals surface area contributed by atoms with E-state index in [1.54, 1.807) is 24.3 Å². The molecule has 0 aromatic heterocycles. The summed E-state index contributed by atoms with van der Waals surface area (Å²) in [6, 6.07) is 11.2. The third-order valence-electron chi connectivity index (χ3n) is 2.59. The van der Waals surface area contributed by atoms with E-state index in [0.717, 1.165) is 0 Å². The fourth-order valence-corrected chi connectivity index (χ4v) is 2.15. The molecular formula is C14H11BrFNO2. The second-order valence-corrected chi connectivity index (χ2v) is 4.89. The van der Waals surface area contributed by atoms with Crippen molar-refractivity contribution in [3.8, 4) is 0 Å². The SMILES string of the molecule is O=C(O)c1cc(Br)cc(NCc2ccccc2F)c1. The van der Waals surface area contributed by atoms with Gasteiger partial charge >= 0.3 is 5.97 Å². The predicted molar refractivity (Wildman–Crippen MR) is 74.8 cm³/mol. The molecule has 0 radical (unpaired) electrons. The van der Waals surface area contributed by atoms with E-state index in [0.29, 0.717) is 22.3 Å². The van der Waals surface area contributed by atoms with E-state index in [1.807, 2.05) is 0 Å². The molecule has 0 atom stereocenters. The number of hydrogen-bond donors (Lipinski definition) is 2. The van der Waals surface area contributed by atoms with E-state index in [4.69, 9.17) is 5.11 Å². The Bertz CT molecular complexity index is 616. The van der Waals surface area contributed by atoms with Crippen LogP contribution in [0.15, 0.2) is 46.9 Å². The van der Waals surface area contributed by atoms with E-state index in [9.17, 15) is 9.18 Å². The minimum atomic E-state index is -1.00. The van der Waals surface area contributed by atoms with Gasteiger partial charge < -0.3 is 10.4 Å². The van der Waals surface area contributed by atoms with Gasteiger partial charge in [-0.15, -0.1) is 0 Å². The van der Waals surface area contributed by atoms with Gasteiger partial charge in [-0.05, 0) is 24.3 Å². The van der Waals surface area contributed by atoms with Gasteiger partial charge in [0.05, 0.1) is 5.56 Å². The van der Waals surface area contributed by atoms with Crippen LogP contribution in [0.1, 0.15) is 15.9 Å². The average Bonchev–Trinajstić information content (AvgIpc) is 2.37. The zero-order valence-electron chi connectivity index (χ0n) is 9.86. The summed E-state index contributed by atoms with van der Waals surface area (Å²) >= 11 is 3.24. The molecule has 0 heterocycles. The first-order valence-electron chi connectivity index (χ1n) is 5.57. The van der Waals surface area contributed by atoms with Crippen molar-refractivity contribution < 1.29 is 14.3 Å². The molecule has 3 nitrogen and oxygen atoms in total. The summed E-state index contributed by atoms with van der Waals surface area (Å²) in [7, 11) is 0. The molecule has 0 amide bonds. The molecule has 2 N–H and O–H groups in total. The number of halogens is 2. The Morgan fingerprint density at radius 2 is 2.00 bits per heavy atom. The van der Waals surface area contributed by atoms with E-state index >= 15 is 0 Å². The lowest BCUT2D eigenvalue weighted by molar-refractivity contribution is 0.0697. The van der Waals surface area contributed by atoms with Crippen molar-refractivity contribution in [1.29, 1.82) is 0 Å². The topological polar surface area (TPSA) is 49.3 Å². The Morgan fingerprint density at radius 3 is 2.68 bits per heavy atom. The number of benzene rings is 2. The number of rotatable bonds is 4. The second kappa shape index (κ2) is 5.84. The molecule has 0 saturated carbocycles. The monoisotopic (exact) mass is 323 g/mol. The van der Waals surface area contributed by atoms with Gasteiger partial charge in [-0.1, -0.05) is 34.1 Å². The van der Waals surface area contributed by atoms with Crippen LogP contribution in [0.3, 0.4) is 0 Å². The number of carboxylic acid groups (broad SMARTS) is 1. The summed E-state index contributed by atoms with van der Waals surface area (Å²) in [5.74, 6) is -1.29. The molecular weight excluding hydrogens is 313 g/mol. The Labute approximate surface area is 118 Å². The number of hydrogen-bond acceptors (Lipinski definition) is 2. The minimum absolute atomic E-state index is 0.172. The number of carbonyl (C=O) groups is 1.